The molecule has 0 saturated heterocycles. The molecule has 2 fully saturated rings. The summed E-state index contributed by atoms with van der Waals surface area (Å²) in [5.74, 6) is 1.67. The summed E-state index contributed by atoms with van der Waals surface area (Å²) in [4.78, 5) is 12.0. The van der Waals surface area contributed by atoms with Gasteiger partial charge in [0.05, 0.1) is 5.92 Å². The van der Waals surface area contributed by atoms with Gasteiger partial charge in [-0.1, -0.05) is 13.8 Å². The lowest BCUT2D eigenvalue weighted by atomic mass is 9.77. The highest BCUT2D eigenvalue weighted by atomic mass is 16.6. The molecule has 0 bridgehead atoms. The molecule has 0 N–H and O–H groups in total. The number of carbonyl (C=O) groups is 1. The van der Waals surface area contributed by atoms with Gasteiger partial charge in [-0.25, -0.2) is 0 Å². The fourth-order valence-corrected chi connectivity index (χ4v) is 2.89. The summed E-state index contributed by atoms with van der Waals surface area (Å²) in [6, 6.07) is 0. The molecule has 104 valence electrons. The molecule has 3 heteroatoms. The molecule has 2 aliphatic rings. The van der Waals surface area contributed by atoms with Crippen LogP contribution in [-0.4, -0.2) is 25.3 Å². The molecule has 0 aromatic rings. The maximum atomic E-state index is 12.0. The second kappa shape index (κ2) is 5.60. The van der Waals surface area contributed by atoms with E-state index in [2.05, 4.69) is 13.8 Å². The first-order valence-corrected chi connectivity index (χ1v) is 7.28. The van der Waals surface area contributed by atoms with E-state index in [9.17, 15) is 4.79 Å². The first-order chi connectivity index (χ1) is 8.56. The van der Waals surface area contributed by atoms with Crippen LogP contribution in [0.3, 0.4) is 0 Å². The minimum atomic E-state index is -0.134. The van der Waals surface area contributed by atoms with Crippen molar-refractivity contribution < 1.29 is 14.3 Å². The first-order valence-electron chi connectivity index (χ1n) is 7.28. The van der Waals surface area contributed by atoms with E-state index in [-0.39, 0.29) is 17.5 Å². The normalized spacial score (nSPS) is 30.2. The van der Waals surface area contributed by atoms with Crippen LogP contribution in [0, 0.1) is 17.8 Å². The van der Waals surface area contributed by atoms with Gasteiger partial charge in [0, 0.05) is 7.11 Å². The van der Waals surface area contributed by atoms with Crippen LogP contribution >= 0.6 is 0 Å². The average Bonchev–Trinajstić information content (AvgIpc) is 3.17. The monoisotopic (exact) mass is 254 g/mol. The summed E-state index contributed by atoms with van der Waals surface area (Å²) in [5, 5.41) is 0. The molecule has 2 aliphatic carbocycles. The molecule has 0 aromatic carbocycles. The zero-order valence-corrected chi connectivity index (χ0v) is 11.9. The van der Waals surface area contributed by atoms with Gasteiger partial charge in [0.2, 0.25) is 0 Å². The van der Waals surface area contributed by atoms with Gasteiger partial charge in [0.15, 0.2) is 0 Å². The second-order valence-corrected chi connectivity index (χ2v) is 6.35. The van der Waals surface area contributed by atoms with Crippen molar-refractivity contribution >= 4 is 5.97 Å². The highest BCUT2D eigenvalue weighted by Crippen LogP contribution is 2.39. The predicted octanol–water partition coefficient (Wildman–Crippen LogP) is 3.17. The van der Waals surface area contributed by atoms with Crippen LogP contribution in [0.4, 0.5) is 0 Å². The molecule has 2 saturated carbocycles. The average molecular weight is 254 g/mol. The van der Waals surface area contributed by atoms with Crippen LogP contribution in [-0.2, 0) is 14.3 Å². The highest BCUT2D eigenvalue weighted by molar-refractivity contribution is 5.72. The van der Waals surface area contributed by atoms with E-state index in [1.165, 1.54) is 12.8 Å². The lowest BCUT2D eigenvalue weighted by molar-refractivity contribution is -0.154. The summed E-state index contributed by atoms with van der Waals surface area (Å²) < 4.78 is 10.8. The van der Waals surface area contributed by atoms with Crippen molar-refractivity contribution in [3.8, 4) is 0 Å². The van der Waals surface area contributed by atoms with Crippen LogP contribution in [0.5, 0.6) is 0 Å². The van der Waals surface area contributed by atoms with Gasteiger partial charge < -0.3 is 9.47 Å². The Kier molecular flexibility index (Phi) is 4.31. The van der Waals surface area contributed by atoms with Crippen molar-refractivity contribution in [2.45, 2.75) is 58.0 Å². The lowest BCUT2D eigenvalue weighted by Gasteiger charge is -2.29. The summed E-state index contributed by atoms with van der Waals surface area (Å²) >= 11 is 0. The molecule has 2 rings (SSSR count). The van der Waals surface area contributed by atoms with Crippen LogP contribution < -0.4 is 0 Å². The summed E-state index contributed by atoms with van der Waals surface area (Å²) in [6.45, 7) is 5.00. The van der Waals surface area contributed by atoms with E-state index >= 15 is 0 Å². The Hall–Kier alpha value is -0.570. The molecule has 0 atom stereocenters. The predicted molar refractivity (Wildman–Crippen MR) is 70.2 cm³/mol. The third-order valence-corrected chi connectivity index (χ3v) is 4.77. The fourth-order valence-electron chi connectivity index (χ4n) is 2.89. The van der Waals surface area contributed by atoms with E-state index in [1.807, 2.05) is 0 Å². The maximum Gasteiger partial charge on any atom is 0.309 e. The van der Waals surface area contributed by atoms with E-state index in [1.54, 1.807) is 7.11 Å². The standard InChI is InChI=1S/C15H26O3/c1-11(2)12-4-6-13(7-5-12)14(16)18-10-15(17-3)8-9-15/h11-13H,4-10H2,1-3H3. The SMILES string of the molecule is COC1(COC(=O)C2CCC(C(C)C)CC2)CC1. The van der Waals surface area contributed by atoms with Gasteiger partial charge in [0.25, 0.3) is 0 Å². The number of methoxy groups -OCH3 is 1. The Morgan fingerprint density at radius 3 is 2.28 bits per heavy atom. The van der Waals surface area contributed by atoms with Crippen molar-refractivity contribution in [2.24, 2.45) is 17.8 Å². The second-order valence-electron chi connectivity index (χ2n) is 6.35. The molecule has 0 radical (unpaired) electrons. The van der Waals surface area contributed by atoms with Gasteiger partial charge in [0.1, 0.15) is 12.2 Å². The smallest absolute Gasteiger partial charge is 0.309 e. The molecular weight excluding hydrogens is 228 g/mol. The quantitative estimate of drug-likeness (QED) is 0.707. The largest absolute Gasteiger partial charge is 0.462 e. The Labute approximate surface area is 110 Å². The Morgan fingerprint density at radius 1 is 1.22 bits per heavy atom. The summed E-state index contributed by atoms with van der Waals surface area (Å²) in [5.41, 5.74) is -0.134. The van der Waals surface area contributed by atoms with Crippen molar-refractivity contribution in [3.05, 3.63) is 0 Å². The lowest BCUT2D eigenvalue weighted by Crippen LogP contribution is -2.29. The molecule has 0 spiro atoms. The molecule has 0 unspecified atom stereocenters. The van der Waals surface area contributed by atoms with Crippen molar-refractivity contribution in [1.82, 2.24) is 0 Å². The topological polar surface area (TPSA) is 35.5 Å². The summed E-state index contributed by atoms with van der Waals surface area (Å²) in [7, 11) is 1.70. The van der Waals surface area contributed by atoms with Crippen LogP contribution in [0.25, 0.3) is 0 Å². The molecule has 0 aliphatic heterocycles. The summed E-state index contributed by atoms with van der Waals surface area (Å²) in [6.07, 6.45) is 6.40. The van der Waals surface area contributed by atoms with Crippen LogP contribution in [0.15, 0.2) is 0 Å². The maximum absolute atomic E-state index is 12.0. The minimum Gasteiger partial charge on any atom is -0.462 e. The van der Waals surface area contributed by atoms with E-state index in [4.69, 9.17) is 9.47 Å². The number of hydrogen-bond donors (Lipinski definition) is 0. The molecule has 0 amide bonds. The zero-order chi connectivity index (χ0) is 13.2. The van der Waals surface area contributed by atoms with E-state index in [0.717, 1.165) is 37.5 Å². The van der Waals surface area contributed by atoms with Crippen LogP contribution in [0.2, 0.25) is 0 Å². The van der Waals surface area contributed by atoms with Gasteiger partial charge >= 0.3 is 5.97 Å². The van der Waals surface area contributed by atoms with Gasteiger partial charge in [-0.3, -0.25) is 4.79 Å². The van der Waals surface area contributed by atoms with Crippen molar-refractivity contribution in [2.75, 3.05) is 13.7 Å². The number of rotatable bonds is 5. The van der Waals surface area contributed by atoms with Gasteiger partial charge in [-0.15, -0.1) is 0 Å². The fraction of sp³-hybridized carbons (Fsp3) is 0.933. The van der Waals surface area contributed by atoms with Crippen molar-refractivity contribution in [1.29, 1.82) is 0 Å². The van der Waals surface area contributed by atoms with Crippen LogP contribution in [0.1, 0.15) is 52.4 Å². The number of carbonyl (C=O) groups excluding carboxylic acids is 1. The first kappa shape index (κ1) is 13.9. The molecular formula is C15H26O3. The van der Waals surface area contributed by atoms with E-state index in [0.29, 0.717) is 6.61 Å². The third kappa shape index (κ3) is 3.25. The Bertz CT molecular complexity index is 286. The highest BCUT2D eigenvalue weighted by Gasteiger charge is 2.44. The third-order valence-electron chi connectivity index (χ3n) is 4.77. The number of ether oxygens (including phenoxy) is 2. The zero-order valence-electron chi connectivity index (χ0n) is 11.9. The van der Waals surface area contributed by atoms with Gasteiger partial charge in [-0.2, -0.15) is 0 Å². The van der Waals surface area contributed by atoms with Gasteiger partial charge in [-0.05, 0) is 50.4 Å². The number of hydrogen-bond acceptors (Lipinski definition) is 3. The number of esters is 1. The van der Waals surface area contributed by atoms with Crippen molar-refractivity contribution in [3.63, 3.8) is 0 Å². The Morgan fingerprint density at radius 2 is 1.83 bits per heavy atom. The molecule has 0 heterocycles. The molecule has 0 aromatic heterocycles. The van der Waals surface area contributed by atoms with E-state index < -0.39 is 0 Å². The molecule has 18 heavy (non-hydrogen) atoms. The molecule has 3 nitrogen and oxygen atoms in total. The minimum absolute atomic E-state index is 0.000492. The Balaban J connectivity index is 1.71.